The van der Waals surface area contributed by atoms with Gasteiger partial charge in [-0.25, -0.2) is 4.98 Å². The molecule has 0 atom stereocenters. The normalized spacial score (nSPS) is 17.8. The summed E-state index contributed by atoms with van der Waals surface area (Å²) in [7, 11) is 0. The van der Waals surface area contributed by atoms with Crippen molar-refractivity contribution in [2.75, 3.05) is 19.6 Å². The van der Waals surface area contributed by atoms with Crippen molar-refractivity contribution in [1.82, 2.24) is 29.5 Å². The van der Waals surface area contributed by atoms with Crippen LogP contribution in [-0.4, -0.2) is 43.9 Å². The van der Waals surface area contributed by atoms with Gasteiger partial charge in [-0.15, -0.1) is 0 Å². The standard InChI is InChI=1S/C21H26N6/c1-2-11-25(10-1)16-17-4-6-18(7-5-17)26-13-9-23-21(26)20-14-19-15-22-8-3-12-27(19)24-20/h4-7,9,13-14,22H,1-3,8,10-12,15-16H2. The van der Waals surface area contributed by atoms with E-state index < -0.39 is 0 Å². The van der Waals surface area contributed by atoms with Gasteiger partial charge >= 0.3 is 0 Å². The van der Waals surface area contributed by atoms with Crippen LogP contribution in [0.1, 0.15) is 30.5 Å². The highest BCUT2D eigenvalue weighted by molar-refractivity contribution is 5.55. The summed E-state index contributed by atoms with van der Waals surface area (Å²) in [6, 6.07) is 11.0. The number of rotatable bonds is 4. The zero-order chi connectivity index (χ0) is 18.1. The molecule has 0 radical (unpaired) electrons. The molecule has 1 fully saturated rings. The van der Waals surface area contributed by atoms with Crippen LogP contribution < -0.4 is 5.32 Å². The van der Waals surface area contributed by atoms with E-state index in [1.165, 1.54) is 37.2 Å². The summed E-state index contributed by atoms with van der Waals surface area (Å²) < 4.78 is 4.25. The van der Waals surface area contributed by atoms with Crippen molar-refractivity contribution in [2.24, 2.45) is 0 Å². The average molecular weight is 362 g/mol. The maximum Gasteiger partial charge on any atom is 0.165 e. The van der Waals surface area contributed by atoms with Crippen LogP contribution in [-0.2, 0) is 19.6 Å². The molecule has 0 saturated carbocycles. The summed E-state index contributed by atoms with van der Waals surface area (Å²) in [6.07, 6.45) is 7.66. The maximum atomic E-state index is 4.81. The Bertz CT molecular complexity index is 878. The van der Waals surface area contributed by atoms with Crippen molar-refractivity contribution in [2.45, 2.75) is 38.9 Å². The van der Waals surface area contributed by atoms with Gasteiger partial charge in [-0.3, -0.25) is 14.1 Å². The zero-order valence-electron chi connectivity index (χ0n) is 15.6. The van der Waals surface area contributed by atoms with Gasteiger partial charge in [0.1, 0.15) is 5.69 Å². The molecule has 6 heteroatoms. The molecule has 2 aliphatic rings. The minimum atomic E-state index is 0.874. The summed E-state index contributed by atoms with van der Waals surface area (Å²) in [5, 5.41) is 8.26. The largest absolute Gasteiger partial charge is 0.311 e. The first kappa shape index (κ1) is 16.7. The SMILES string of the molecule is c1cn(-c2ccc(CN3CCCC3)cc2)c(-c2cc3n(n2)CCCNC3)n1. The van der Waals surface area contributed by atoms with Gasteiger partial charge in [0, 0.05) is 37.7 Å². The van der Waals surface area contributed by atoms with Crippen LogP contribution in [0.15, 0.2) is 42.7 Å². The van der Waals surface area contributed by atoms with Gasteiger partial charge in [0.25, 0.3) is 0 Å². The fraction of sp³-hybridized carbons (Fsp3) is 0.429. The smallest absolute Gasteiger partial charge is 0.165 e. The molecule has 6 nitrogen and oxygen atoms in total. The Kier molecular flexibility index (Phi) is 4.51. The van der Waals surface area contributed by atoms with E-state index in [2.05, 4.69) is 54.8 Å². The second-order valence-electron chi connectivity index (χ2n) is 7.54. The molecule has 3 aromatic rings. The van der Waals surface area contributed by atoms with Crippen LogP contribution in [0, 0.1) is 0 Å². The van der Waals surface area contributed by atoms with Crippen LogP contribution in [0.5, 0.6) is 0 Å². The van der Waals surface area contributed by atoms with Crippen molar-refractivity contribution >= 4 is 0 Å². The molecule has 140 valence electrons. The van der Waals surface area contributed by atoms with E-state index in [1.54, 1.807) is 0 Å². The highest BCUT2D eigenvalue weighted by Gasteiger charge is 2.16. The Labute approximate surface area is 159 Å². The monoisotopic (exact) mass is 362 g/mol. The fourth-order valence-corrected chi connectivity index (χ4v) is 4.13. The molecular formula is C21H26N6. The number of likely N-dealkylation sites (tertiary alicyclic amines) is 1. The minimum absolute atomic E-state index is 0.874. The van der Waals surface area contributed by atoms with Gasteiger partial charge in [0.2, 0.25) is 0 Å². The molecule has 0 amide bonds. The van der Waals surface area contributed by atoms with E-state index in [4.69, 9.17) is 5.10 Å². The summed E-state index contributed by atoms with van der Waals surface area (Å²) in [4.78, 5) is 7.13. The quantitative estimate of drug-likeness (QED) is 0.775. The first-order valence-corrected chi connectivity index (χ1v) is 10.00. The van der Waals surface area contributed by atoms with E-state index in [0.717, 1.165) is 49.8 Å². The number of nitrogens with one attached hydrogen (secondary N) is 1. The van der Waals surface area contributed by atoms with Crippen LogP contribution in [0.3, 0.4) is 0 Å². The van der Waals surface area contributed by atoms with E-state index in [-0.39, 0.29) is 0 Å². The van der Waals surface area contributed by atoms with Crippen LogP contribution in [0.4, 0.5) is 0 Å². The molecule has 2 aliphatic heterocycles. The van der Waals surface area contributed by atoms with Gasteiger partial charge < -0.3 is 5.32 Å². The molecule has 1 saturated heterocycles. The lowest BCUT2D eigenvalue weighted by Crippen LogP contribution is -2.18. The molecule has 0 aliphatic carbocycles. The number of imidazole rings is 1. The van der Waals surface area contributed by atoms with Crippen molar-refractivity contribution in [3.05, 3.63) is 54.0 Å². The number of benzene rings is 1. The Morgan fingerprint density at radius 3 is 2.70 bits per heavy atom. The molecule has 0 spiro atoms. The zero-order valence-corrected chi connectivity index (χ0v) is 15.6. The first-order valence-electron chi connectivity index (χ1n) is 10.00. The number of aryl methyl sites for hydroxylation is 1. The third kappa shape index (κ3) is 3.42. The Balaban J connectivity index is 1.40. The molecular weight excluding hydrogens is 336 g/mol. The highest BCUT2D eigenvalue weighted by Crippen LogP contribution is 2.23. The van der Waals surface area contributed by atoms with E-state index in [1.807, 2.05) is 12.4 Å². The van der Waals surface area contributed by atoms with Crippen molar-refractivity contribution in [1.29, 1.82) is 0 Å². The maximum absolute atomic E-state index is 4.81. The number of nitrogens with zero attached hydrogens (tertiary/aromatic N) is 5. The summed E-state index contributed by atoms with van der Waals surface area (Å²) in [5.74, 6) is 0.905. The molecule has 1 N–H and O–H groups in total. The fourth-order valence-electron chi connectivity index (χ4n) is 4.13. The Morgan fingerprint density at radius 2 is 1.85 bits per heavy atom. The van der Waals surface area contributed by atoms with Crippen molar-refractivity contribution in [3.63, 3.8) is 0 Å². The van der Waals surface area contributed by atoms with Gasteiger partial charge in [-0.1, -0.05) is 12.1 Å². The Morgan fingerprint density at radius 1 is 1.00 bits per heavy atom. The molecule has 1 aromatic carbocycles. The highest BCUT2D eigenvalue weighted by atomic mass is 15.3. The summed E-state index contributed by atoms with van der Waals surface area (Å²) in [6.45, 7) is 6.41. The van der Waals surface area contributed by atoms with E-state index in [9.17, 15) is 0 Å². The minimum Gasteiger partial charge on any atom is -0.311 e. The van der Waals surface area contributed by atoms with Gasteiger partial charge in [-0.2, -0.15) is 5.10 Å². The predicted octanol–water partition coefficient (Wildman–Crippen LogP) is 2.82. The number of fused-ring (bicyclic) bond motifs is 1. The van der Waals surface area contributed by atoms with E-state index >= 15 is 0 Å². The second kappa shape index (κ2) is 7.29. The van der Waals surface area contributed by atoms with Crippen molar-refractivity contribution < 1.29 is 0 Å². The summed E-state index contributed by atoms with van der Waals surface area (Å²) in [5.41, 5.74) is 4.69. The third-order valence-electron chi connectivity index (χ3n) is 5.58. The predicted molar refractivity (Wildman–Crippen MR) is 106 cm³/mol. The topological polar surface area (TPSA) is 50.9 Å². The molecule has 2 aromatic heterocycles. The number of hydrogen-bond donors (Lipinski definition) is 1. The number of hydrogen-bond acceptors (Lipinski definition) is 4. The molecule has 4 heterocycles. The Hall–Kier alpha value is -2.44. The molecule has 5 rings (SSSR count). The average Bonchev–Trinajstić information content (AvgIpc) is 3.42. The lowest BCUT2D eigenvalue weighted by Gasteiger charge is -2.15. The number of aromatic nitrogens is 4. The first-order chi connectivity index (χ1) is 13.4. The van der Waals surface area contributed by atoms with Crippen LogP contribution in [0.2, 0.25) is 0 Å². The van der Waals surface area contributed by atoms with Gasteiger partial charge in [0.05, 0.1) is 5.69 Å². The lowest BCUT2D eigenvalue weighted by molar-refractivity contribution is 0.331. The molecule has 0 bridgehead atoms. The van der Waals surface area contributed by atoms with Gasteiger partial charge in [-0.05, 0) is 62.7 Å². The third-order valence-corrected chi connectivity index (χ3v) is 5.58. The van der Waals surface area contributed by atoms with E-state index in [0.29, 0.717) is 0 Å². The van der Waals surface area contributed by atoms with Crippen molar-refractivity contribution in [3.8, 4) is 17.2 Å². The summed E-state index contributed by atoms with van der Waals surface area (Å²) >= 11 is 0. The van der Waals surface area contributed by atoms with Crippen LogP contribution >= 0.6 is 0 Å². The second-order valence-corrected chi connectivity index (χ2v) is 7.54. The van der Waals surface area contributed by atoms with Crippen LogP contribution in [0.25, 0.3) is 17.2 Å². The lowest BCUT2D eigenvalue weighted by atomic mass is 10.2. The molecule has 0 unspecified atom stereocenters. The van der Waals surface area contributed by atoms with Gasteiger partial charge in [0.15, 0.2) is 5.82 Å². The molecule has 27 heavy (non-hydrogen) atoms.